The largest absolute Gasteiger partial charge is 0.483 e. The topological polar surface area (TPSA) is 73.2 Å². The number of carbonyl (C=O) groups is 1. The molecule has 2 aromatic carbocycles. The van der Waals surface area contributed by atoms with Crippen molar-refractivity contribution >= 4 is 17.5 Å². The minimum Gasteiger partial charge on any atom is -0.483 e. The number of para-hydroxylation sites is 1. The van der Waals surface area contributed by atoms with Crippen LogP contribution in [-0.2, 0) is 11.3 Å². The van der Waals surface area contributed by atoms with E-state index < -0.39 is 0 Å². The predicted octanol–water partition coefficient (Wildman–Crippen LogP) is 3.88. The lowest BCUT2D eigenvalue weighted by atomic mass is 10.0. The van der Waals surface area contributed by atoms with Gasteiger partial charge in [0.2, 0.25) is 0 Å². The number of ether oxygens (including phenoxy) is 1. The number of hydrogen-bond donors (Lipinski definition) is 1. The Morgan fingerprint density at radius 3 is 2.57 bits per heavy atom. The molecule has 3 aromatic rings. The summed E-state index contributed by atoms with van der Waals surface area (Å²) in [4.78, 5) is 24.2. The number of nitrogens with one attached hydrogen (secondary N) is 1. The van der Waals surface area contributed by atoms with Gasteiger partial charge in [-0.05, 0) is 35.7 Å². The van der Waals surface area contributed by atoms with Crippen molar-refractivity contribution in [2.24, 2.45) is 0 Å². The first kappa shape index (κ1) is 21.6. The highest BCUT2D eigenvalue weighted by atomic mass is 35.5. The van der Waals surface area contributed by atoms with Crippen molar-refractivity contribution in [1.29, 1.82) is 0 Å². The zero-order valence-corrected chi connectivity index (χ0v) is 17.7. The Morgan fingerprint density at radius 1 is 1.10 bits per heavy atom. The van der Waals surface area contributed by atoms with Crippen LogP contribution in [0.1, 0.15) is 25.3 Å². The number of hydrogen-bond acceptors (Lipinski definition) is 4. The molecule has 0 aliphatic rings. The van der Waals surface area contributed by atoms with E-state index in [2.05, 4.69) is 24.3 Å². The van der Waals surface area contributed by atoms with Gasteiger partial charge in [0, 0.05) is 23.2 Å². The third kappa shape index (κ3) is 5.70. The minimum absolute atomic E-state index is 0.0864. The lowest BCUT2D eigenvalue weighted by Crippen LogP contribution is -2.34. The highest BCUT2D eigenvalue weighted by molar-refractivity contribution is 6.30. The van der Waals surface area contributed by atoms with Gasteiger partial charge in [-0.2, -0.15) is 5.10 Å². The molecule has 3 rings (SSSR count). The summed E-state index contributed by atoms with van der Waals surface area (Å²) in [6, 6.07) is 18.0. The molecule has 1 heterocycles. The first-order chi connectivity index (χ1) is 14.4. The van der Waals surface area contributed by atoms with Gasteiger partial charge in [0.15, 0.2) is 6.61 Å². The fourth-order valence-electron chi connectivity index (χ4n) is 2.97. The summed E-state index contributed by atoms with van der Waals surface area (Å²) in [7, 11) is 0. The van der Waals surface area contributed by atoms with Gasteiger partial charge in [0.25, 0.3) is 11.5 Å². The Bertz CT molecular complexity index is 1060. The van der Waals surface area contributed by atoms with Crippen LogP contribution in [0.3, 0.4) is 0 Å². The highest BCUT2D eigenvalue weighted by Crippen LogP contribution is 2.25. The summed E-state index contributed by atoms with van der Waals surface area (Å²) in [5.74, 6) is 0.752. The van der Waals surface area contributed by atoms with Gasteiger partial charge in [-0.15, -0.1) is 0 Å². The van der Waals surface area contributed by atoms with Crippen LogP contribution in [-0.4, -0.2) is 28.8 Å². The molecule has 1 amide bonds. The quantitative estimate of drug-likeness (QED) is 0.594. The second-order valence-corrected chi connectivity index (χ2v) is 7.55. The molecule has 1 N–H and O–H groups in total. The third-order valence-electron chi connectivity index (χ3n) is 4.55. The molecule has 0 saturated carbocycles. The number of amides is 1. The maximum Gasteiger partial charge on any atom is 0.266 e. The molecule has 0 unspecified atom stereocenters. The normalized spacial score (nSPS) is 10.8. The van der Waals surface area contributed by atoms with E-state index in [-0.39, 0.29) is 31.2 Å². The van der Waals surface area contributed by atoms with Gasteiger partial charge >= 0.3 is 0 Å². The molecule has 156 valence electrons. The second-order valence-electron chi connectivity index (χ2n) is 7.12. The Morgan fingerprint density at radius 2 is 1.83 bits per heavy atom. The number of halogens is 1. The fourth-order valence-corrected chi connectivity index (χ4v) is 3.09. The molecule has 30 heavy (non-hydrogen) atoms. The molecule has 0 aliphatic heterocycles. The second kappa shape index (κ2) is 10.1. The smallest absolute Gasteiger partial charge is 0.266 e. The van der Waals surface area contributed by atoms with E-state index in [0.717, 1.165) is 11.1 Å². The van der Waals surface area contributed by atoms with E-state index in [1.165, 1.54) is 10.7 Å². The molecule has 0 bridgehead atoms. The molecule has 7 heteroatoms. The Hall–Kier alpha value is -3.12. The van der Waals surface area contributed by atoms with E-state index in [0.29, 0.717) is 22.4 Å². The number of nitrogens with zero attached hydrogens (tertiary/aromatic N) is 2. The van der Waals surface area contributed by atoms with E-state index in [9.17, 15) is 9.59 Å². The van der Waals surface area contributed by atoms with Crippen LogP contribution in [0.2, 0.25) is 5.02 Å². The molecule has 0 radical (unpaired) electrons. The van der Waals surface area contributed by atoms with Gasteiger partial charge < -0.3 is 10.1 Å². The number of aromatic nitrogens is 2. The van der Waals surface area contributed by atoms with Crippen molar-refractivity contribution in [2.75, 3.05) is 13.2 Å². The first-order valence-corrected chi connectivity index (χ1v) is 10.1. The lowest BCUT2D eigenvalue weighted by molar-refractivity contribution is -0.123. The van der Waals surface area contributed by atoms with E-state index in [4.69, 9.17) is 16.3 Å². The molecule has 0 spiro atoms. The first-order valence-electron chi connectivity index (χ1n) is 9.76. The van der Waals surface area contributed by atoms with Crippen LogP contribution in [0.5, 0.6) is 5.75 Å². The van der Waals surface area contributed by atoms with Crippen LogP contribution in [0.4, 0.5) is 0 Å². The Labute approximate surface area is 180 Å². The van der Waals surface area contributed by atoms with E-state index in [1.54, 1.807) is 18.2 Å². The van der Waals surface area contributed by atoms with Crippen molar-refractivity contribution in [3.8, 4) is 17.0 Å². The van der Waals surface area contributed by atoms with Crippen LogP contribution in [0.25, 0.3) is 11.3 Å². The Kier molecular flexibility index (Phi) is 7.25. The molecule has 0 saturated heterocycles. The maximum absolute atomic E-state index is 12.1. The fraction of sp³-hybridized carbons (Fsp3) is 0.261. The van der Waals surface area contributed by atoms with Crippen LogP contribution >= 0.6 is 11.6 Å². The van der Waals surface area contributed by atoms with Gasteiger partial charge in [-0.25, -0.2) is 4.68 Å². The van der Waals surface area contributed by atoms with Crippen LogP contribution < -0.4 is 15.6 Å². The summed E-state index contributed by atoms with van der Waals surface area (Å²) < 4.78 is 7.00. The van der Waals surface area contributed by atoms with Gasteiger partial charge in [0.1, 0.15) is 5.75 Å². The van der Waals surface area contributed by atoms with Crippen molar-refractivity contribution in [2.45, 2.75) is 26.3 Å². The molecule has 0 atom stereocenters. The molecule has 1 aromatic heterocycles. The predicted molar refractivity (Wildman–Crippen MR) is 118 cm³/mol. The molecule has 6 nitrogen and oxygen atoms in total. The zero-order chi connectivity index (χ0) is 21.5. The number of benzene rings is 2. The molecule has 0 aliphatic carbocycles. The number of carbonyl (C=O) groups excluding carboxylic acids is 1. The molecule has 0 fully saturated rings. The maximum atomic E-state index is 12.1. The average molecular weight is 426 g/mol. The standard InChI is InChI=1S/C23H24ClN3O3/c1-16(2)19-5-3-4-6-21(19)30-15-22(28)25-13-14-27-23(29)12-11-20(26-27)17-7-9-18(24)10-8-17/h3-12,16H,13-15H2,1-2H3,(H,25,28). The highest BCUT2D eigenvalue weighted by Gasteiger charge is 2.09. The van der Waals surface area contributed by atoms with Crippen molar-refractivity contribution in [3.05, 3.63) is 81.6 Å². The monoisotopic (exact) mass is 425 g/mol. The van der Waals surface area contributed by atoms with Crippen LogP contribution in [0.15, 0.2) is 65.5 Å². The zero-order valence-electron chi connectivity index (χ0n) is 17.0. The van der Waals surface area contributed by atoms with E-state index >= 15 is 0 Å². The van der Waals surface area contributed by atoms with Crippen molar-refractivity contribution in [1.82, 2.24) is 15.1 Å². The Balaban J connectivity index is 1.55. The molecular weight excluding hydrogens is 402 g/mol. The minimum atomic E-state index is -0.254. The number of rotatable bonds is 8. The van der Waals surface area contributed by atoms with E-state index in [1.807, 2.05) is 36.4 Å². The van der Waals surface area contributed by atoms with Crippen molar-refractivity contribution < 1.29 is 9.53 Å². The van der Waals surface area contributed by atoms with Gasteiger partial charge in [-0.1, -0.05) is 55.8 Å². The summed E-state index contributed by atoms with van der Waals surface area (Å²) in [6.45, 7) is 4.59. The van der Waals surface area contributed by atoms with Gasteiger partial charge in [-0.3, -0.25) is 9.59 Å². The lowest BCUT2D eigenvalue weighted by Gasteiger charge is -2.14. The van der Waals surface area contributed by atoms with Crippen LogP contribution in [0, 0.1) is 0 Å². The summed E-state index contributed by atoms with van der Waals surface area (Å²) in [5, 5.41) is 7.77. The summed E-state index contributed by atoms with van der Waals surface area (Å²) in [6.07, 6.45) is 0. The molecular formula is C23H24ClN3O3. The summed E-state index contributed by atoms with van der Waals surface area (Å²) >= 11 is 5.92. The van der Waals surface area contributed by atoms with Crippen molar-refractivity contribution in [3.63, 3.8) is 0 Å². The SMILES string of the molecule is CC(C)c1ccccc1OCC(=O)NCCn1nc(-c2ccc(Cl)cc2)ccc1=O. The average Bonchev–Trinajstić information content (AvgIpc) is 2.74. The third-order valence-corrected chi connectivity index (χ3v) is 4.80. The summed E-state index contributed by atoms with van der Waals surface area (Å²) in [5.41, 5.74) is 2.34. The van der Waals surface area contributed by atoms with Gasteiger partial charge in [0.05, 0.1) is 12.2 Å².